The van der Waals surface area contributed by atoms with Crippen molar-refractivity contribution < 1.29 is 4.79 Å². The zero-order valence-electron chi connectivity index (χ0n) is 14.1. The SMILES string of the molecule is O=C(N[C@H]1CCCc2c1[nH]c1ccc(Cl)cc21)c1ccc2cc[nH]c2c1. The number of rotatable bonds is 2. The highest BCUT2D eigenvalue weighted by Crippen LogP contribution is 2.36. The first-order valence-electron chi connectivity index (χ1n) is 8.87. The van der Waals surface area contributed by atoms with Gasteiger partial charge in [-0.25, -0.2) is 0 Å². The van der Waals surface area contributed by atoms with E-state index in [-0.39, 0.29) is 11.9 Å². The Kier molecular flexibility index (Phi) is 3.54. The molecule has 3 N–H and O–H groups in total. The molecule has 1 aliphatic rings. The number of hydrogen-bond acceptors (Lipinski definition) is 1. The van der Waals surface area contributed by atoms with Crippen LogP contribution in [0.5, 0.6) is 0 Å². The number of carbonyl (C=O) groups excluding carboxylic acids is 1. The second-order valence-corrected chi connectivity index (χ2v) is 7.34. The first-order chi connectivity index (χ1) is 12.7. The lowest BCUT2D eigenvalue weighted by Crippen LogP contribution is -2.31. The van der Waals surface area contributed by atoms with Crippen LogP contribution in [-0.2, 0) is 6.42 Å². The Labute approximate surface area is 155 Å². The van der Waals surface area contributed by atoms with Gasteiger partial charge in [0.25, 0.3) is 5.91 Å². The molecule has 0 radical (unpaired) electrons. The van der Waals surface area contributed by atoms with Crippen molar-refractivity contribution in [1.29, 1.82) is 0 Å². The maximum Gasteiger partial charge on any atom is 0.251 e. The molecule has 26 heavy (non-hydrogen) atoms. The van der Waals surface area contributed by atoms with Gasteiger partial charge in [0.1, 0.15) is 0 Å². The molecular formula is C21H18ClN3O. The van der Waals surface area contributed by atoms with E-state index in [1.165, 1.54) is 10.9 Å². The van der Waals surface area contributed by atoms with Crippen molar-refractivity contribution in [2.24, 2.45) is 0 Å². The van der Waals surface area contributed by atoms with Gasteiger partial charge in [-0.05, 0) is 66.6 Å². The van der Waals surface area contributed by atoms with E-state index in [4.69, 9.17) is 11.6 Å². The van der Waals surface area contributed by atoms with Crippen LogP contribution in [0.4, 0.5) is 0 Å². The Bertz CT molecular complexity index is 1140. The lowest BCUT2D eigenvalue weighted by atomic mass is 9.91. The van der Waals surface area contributed by atoms with Crippen LogP contribution in [0.2, 0.25) is 5.02 Å². The van der Waals surface area contributed by atoms with Gasteiger partial charge in [0.2, 0.25) is 0 Å². The molecule has 4 nitrogen and oxygen atoms in total. The van der Waals surface area contributed by atoms with E-state index in [1.807, 2.05) is 48.7 Å². The number of amides is 1. The third kappa shape index (κ3) is 2.49. The number of halogens is 1. The second kappa shape index (κ2) is 5.92. The first-order valence-corrected chi connectivity index (χ1v) is 9.25. The van der Waals surface area contributed by atoms with Crippen molar-refractivity contribution in [3.63, 3.8) is 0 Å². The summed E-state index contributed by atoms with van der Waals surface area (Å²) in [6, 6.07) is 13.7. The largest absolute Gasteiger partial charge is 0.361 e. The Hall–Kier alpha value is -2.72. The average Bonchev–Trinajstić information content (AvgIpc) is 3.25. The molecule has 0 fully saturated rings. The zero-order chi connectivity index (χ0) is 17.7. The van der Waals surface area contributed by atoms with Crippen molar-refractivity contribution >= 4 is 39.3 Å². The summed E-state index contributed by atoms with van der Waals surface area (Å²) >= 11 is 6.17. The fourth-order valence-electron chi connectivity index (χ4n) is 4.01. The summed E-state index contributed by atoms with van der Waals surface area (Å²) in [7, 11) is 0. The van der Waals surface area contributed by atoms with Crippen molar-refractivity contribution in [2.75, 3.05) is 0 Å². The van der Waals surface area contributed by atoms with Gasteiger partial charge >= 0.3 is 0 Å². The highest BCUT2D eigenvalue weighted by molar-refractivity contribution is 6.31. The fraction of sp³-hybridized carbons (Fsp3) is 0.190. The number of hydrogen-bond donors (Lipinski definition) is 3. The van der Waals surface area contributed by atoms with Crippen molar-refractivity contribution in [1.82, 2.24) is 15.3 Å². The van der Waals surface area contributed by atoms with Gasteiger partial charge < -0.3 is 15.3 Å². The van der Waals surface area contributed by atoms with Gasteiger partial charge in [-0.1, -0.05) is 17.7 Å². The van der Waals surface area contributed by atoms with E-state index in [0.717, 1.165) is 46.4 Å². The van der Waals surface area contributed by atoms with Crippen LogP contribution in [0.25, 0.3) is 21.8 Å². The van der Waals surface area contributed by atoms with Gasteiger partial charge in [-0.3, -0.25) is 4.79 Å². The third-order valence-electron chi connectivity index (χ3n) is 5.29. The molecule has 2 aromatic heterocycles. The minimum absolute atomic E-state index is 0.00300. The number of carbonyl (C=O) groups is 1. The molecule has 4 aromatic rings. The Morgan fingerprint density at radius 2 is 2.04 bits per heavy atom. The van der Waals surface area contributed by atoms with E-state index in [1.54, 1.807) is 0 Å². The van der Waals surface area contributed by atoms with Crippen LogP contribution in [-0.4, -0.2) is 15.9 Å². The molecule has 0 spiro atoms. The molecule has 2 aromatic carbocycles. The van der Waals surface area contributed by atoms with Crippen LogP contribution < -0.4 is 5.32 Å². The van der Waals surface area contributed by atoms with E-state index in [0.29, 0.717) is 5.56 Å². The molecular weight excluding hydrogens is 346 g/mol. The molecule has 5 heteroatoms. The number of fused-ring (bicyclic) bond motifs is 4. The summed E-state index contributed by atoms with van der Waals surface area (Å²) in [6.07, 6.45) is 4.88. The van der Waals surface area contributed by atoms with Crippen LogP contribution in [0, 0.1) is 0 Å². The van der Waals surface area contributed by atoms with E-state index >= 15 is 0 Å². The lowest BCUT2D eigenvalue weighted by Gasteiger charge is -2.24. The maximum atomic E-state index is 12.8. The van der Waals surface area contributed by atoms with Crippen LogP contribution in [0.1, 0.15) is 40.5 Å². The summed E-state index contributed by atoms with van der Waals surface area (Å²) in [5.74, 6) is -0.0453. The molecule has 0 saturated carbocycles. The monoisotopic (exact) mass is 363 g/mol. The van der Waals surface area contributed by atoms with E-state index in [9.17, 15) is 4.79 Å². The molecule has 2 heterocycles. The van der Waals surface area contributed by atoms with E-state index in [2.05, 4.69) is 15.3 Å². The molecule has 1 atom stereocenters. The molecule has 0 unspecified atom stereocenters. The Balaban J connectivity index is 1.48. The molecule has 0 saturated heterocycles. The highest BCUT2D eigenvalue weighted by atomic mass is 35.5. The van der Waals surface area contributed by atoms with Gasteiger partial charge in [-0.15, -0.1) is 0 Å². The van der Waals surface area contributed by atoms with Gasteiger partial charge in [-0.2, -0.15) is 0 Å². The molecule has 5 rings (SSSR count). The van der Waals surface area contributed by atoms with Gasteiger partial charge in [0.15, 0.2) is 0 Å². The molecule has 0 aliphatic heterocycles. The summed E-state index contributed by atoms with van der Waals surface area (Å²) in [6.45, 7) is 0. The van der Waals surface area contributed by atoms with Crippen LogP contribution >= 0.6 is 11.6 Å². The Morgan fingerprint density at radius 1 is 1.12 bits per heavy atom. The smallest absolute Gasteiger partial charge is 0.251 e. The Morgan fingerprint density at radius 3 is 2.96 bits per heavy atom. The first kappa shape index (κ1) is 15.5. The number of H-pyrrole nitrogens is 2. The molecule has 1 aliphatic carbocycles. The predicted molar refractivity (Wildman–Crippen MR) is 105 cm³/mol. The van der Waals surface area contributed by atoms with Crippen LogP contribution in [0.3, 0.4) is 0 Å². The number of aryl methyl sites for hydroxylation is 1. The normalized spacial score (nSPS) is 16.7. The second-order valence-electron chi connectivity index (χ2n) is 6.91. The van der Waals surface area contributed by atoms with Crippen molar-refractivity contribution in [3.8, 4) is 0 Å². The molecule has 1 amide bonds. The third-order valence-corrected chi connectivity index (χ3v) is 5.53. The van der Waals surface area contributed by atoms with Crippen LogP contribution in [0.15, 0.2) is 48.7 Å². The summed E-state index contributed by atoms with van der Waals surface area (Å²) < 4.78 is 0. The minimum Gasteiger partial charge on any atom is -0.361 e. The summed E-state index contributed by atoms with van der Waals surface area (Å²) in [5, 5.41) is 6.22. The van der Waals surface area contributed by atoms with E-state index < -0.39 is 0 Å². The predicted octanol–water partition coefficient (Wildman–Crippen LogP) is 5.11. The number of benzene rings is 2. The topological polar surface area (TPSA) is 60.7 Å². The standard InChI is InChI=1S/C21H18ClN3O/c22-14-6-7-17-16(11-14)15-2-1-3-18(20(15)24-17)25-21(26)13-5-4-12-8-9-23-19(12)10-13/h4-11,18,23-24H,1-3H2,(H,25,26)/t18-/m0/s1. The molecule has 0 bridgehead atoms. The quantitative estimate of drug-likeness (QED) is 0.455. The van der Waals surface area contributed by atoms with Crippen molar-refractivity contribution in [2.45, 2.75) is 25.3 Å². The zero-order valence-corrected chi connectivity index (χ0v) is 14.9. The lowest BCUT2D eigenvalue weighted by molar-refractivity contribution is 0.0932. The van der Waals surface area contributed by atoms with Gasteiger partial charge in [0, 0.05) is 38.9 Å². The molecule has 130 valence electrons. The van der Waals surface area contributed by atoms with Gasteiger partial charge in [0.05, 0.1) is 6.04 Å². The fourth-order valence-corrected chi connectivity index (χ4v) is 4.18. The summed E-state index contributed by atoms with van der Waals surface area (Å²) in [4.78, 5) is 19.5. The van der Waals surface area contributed by atoms with Crippen molar-refractivity contribution in [3.05, 3.63) is 70.5 Å². The number of aromatic amines is 2. The number of nitrogens with one attached hydrogen (secondary N) is 3. The minimum atomic E-state index is -0.0453. The summed E-state index contributed by atoms with van der Waals surface area (Å²) in [5.41, 5.74) is 5.11. The maximum absolute atomic E-state index is 12.8. The highest BCUT2D eigenvalue weighted by Gasteiger charge is 2.26. The average molecular weight is 364 g/mol. The number of aromatic nitrogens is 2.